The number of hydrogen-bond donors (Lipinski definition) is 0. The lowest BCUT2D eigenvalue weighted by atomic mass is 9.85. The highest BCUT2D eigenvalue weighted by Crippen LogP contribution is 2.31. The van der Waals surface area contributed by atoms with Crippen LogP contribution in [0.5, 0.6) is 5.75 Å². The van der Waals surface area contributed by atoms with Gasteiger partial charge in [-0.25, -0.2) is 4.39 Å². The van der Waals surface area contributed by atoms with Gasteiger partial charge in [-0.05, 0) is 74.6 Å². The van der Waals surface area contributed by atoms with Crippen LogP contribution in [0.2, 0.25) is 0 Å². The molecule has 0 amide bonds. The Labute approximate surface area is 166 Å². The zero-order chi connectivity index (χ0) is 19.9. The maximum atomic E-state index is 14.4. The standard InChI is InChI=1S/C25H28F2O/c1-3-5-18-6-8-19(9-7-18)10-11-20-12-14-21(15-13-20)22-16-17-23(28-4-2)25(27)24(22)26/h3,5-6,8,12-19H,4,7,9-11H2,1-2H3/b5-3+. The summed E-state index contributed by atoms with van der Waals surface area (Å²) in [6.45, 7) is 4.11. The van der Waals surface area contributed by atoms with Gasteiger partial charge in [0.1, 0.15) is 0 Å². The van der Waals surface area contributed by atoms with Crippen molar-refractivity contribution in [3.63, 3.8) is 0 Å². The minimum absolute atomic E-state index is 0.0439. The van der Waals surface area contributed by atoms with Crippen molar-refractivity contribution in [3.8, 4) is 16.9 Å². The second-order valence-electron chi connectivity index (χ2n) is 7.32. The van der Waals surface area contributed by atoms with Crippen LogP contribution in [0.1, 0.15) is 38.7 Å². The van der Waals surface area contributed by atoms with Gasteiger partial charge in [0.05, 0.1) is 6.61 Å². The molecule has 0 spiro atoms. The minimum Gasteiger partial charge on any atom is -0.491 e. The summed E-state index contributed by atoms with van der Waals surface area (Å²) in [5, 5.41) is 0. The minimum atomic E-state index is -0.927. The lowest BCUT2D eigenvalue weighted by Gasteiger charge is -2.20. The highest BCUT2D eigenvalue weighted by atomic mass is 19.2. The molecule has 0 saturated heterocycles. The van der Waals surface area contributed by atoms with Crippen molar-refractivity contribution in [1.82, 2.24) is 0 Å². The zero-order valence-electron chi connectivity index (χ0n) is 16.6. The molecule has 3 heteroatoms. The molecule has 0 bridgehead atoms. The summed E-state index contributed by atoms with van der Waals surface area (Å²) < 4.78 is 33.6. The number of ether oxygens (including phenoxy) is 1. The molecule has 0 aliphatic heterocycles. The van der Waals surface area contributed by atoms with Crippen LogP contribution in [0.25, 0.3) is 11.1 Å². The third-order valence-corrected chi connectivity index (χ3v) is 5.36. The Balaban J connectivity index is 1.63. The molecule has 0 saturated carbocycles. The summed E-state index contributed by atoms with van der Waals surface area (Å²) in [6, 6.07) is 10.8. The van der Waals surface area contributed by atoms with Crippen molar-refractivity contribution in [3.05, 3.63) is 77.9 Å². The van der Waals surface area contributed by atoms with Crippen LogP contribution >= 0.6 is 0 Å². The molecule has 2 atom stereocenters. The molecule has 28 heavy (non-hydrogen) atoms. The maximum absolute atomic E-state index is 14.4. The molecule has 0 aromatic heterocycles. The molecule has 2 unspecified atom stereocenters. The average molecular weight is 382 g/mol. The summed E-state index contributed by atoms with van der Waals surface area (Å²) in [7, 11) is 0. The predicted octanol–water partition coefficient (Wildman–Crippen LogP) is 7.12. The Hall–Kier alpha value is -2.42. The molecule has 3 rings (SSSR count). The van der Waals surface area contributed by atoms with Gasteiger partial charge in [-0.1, -0.05) is 48.6 Å². The van der Waals surface area contributed by atoms with E-state index in [4.69, 9.17) is 4.74 Å². The Morgan fingerprint density at radius 2 is 1.79 bits per heavy atom. The van der Waals surface area contributed by atoms with Gasteiger partial charge in [0, 0.05) is 5.56 Å². The third-order valence-electron chi connectivity index (χ3n) is 5.36. The molecule has 2 aromatic rings. The van der Waals surface area contributed by atoms with E-state index in [-0.39, 0.29) is 11.3 Å². The highest BCUT2D eigenvalue weighted by Gasteiger charge is 2.16. The van der Waals surface area contributed by atoms with E-state index >= 15 is 0 Å². The molecule has 2 aromatic carbocycles. The predicted molar refractivity (Wildman–Crippen MR) is 111 cm³/mol. The van der Waals surface area contributed by atoms with Crippen LogP contribution < -0.4 is 4.74 Å². The monoisotopic (exact) mass is 382 g/mol. The van der Waals surface area contributed by atoms with Crippen LogP contribution in [0, 0.1) is 23.5 Å². The zero-order valence-corrected chi connectivity index (χ0v) is 16.6. The second kappa shape index (κ2) is 9.68. The lowest BCUT2D eigenvalue weighted by Crippen LogP contribution is -2.08. The van der Waals surface area contributed by atoms with E-state index in [2.05, 4.69) is 31.2 Å². The second-order valence-corrected chi connectivity index (χ2v) is 7.32. The van der Waals surface area contributed by atoms with E-state index in [9.17, 15) is 8.78 Å². The Bertz CT molecular complexity index is 836. The fourth-order valence-corrected chi connectivity index (χ4v) is 3.77. The Morgan fingerprint density at radius 1 is 1.00 bits per heavy atom. The van der Waals surface area contributed by atoms with Crippen molar-refractivity contribution in [2.75, 3.05) is 6.61 Å². The Kier molecular flexibility index (Phi) is 7.02. The van der Waals surface area contributed by atoms with Crippen LogP contribution in [-0.2, 0) is 6.42 Å². The molecule has 1 nitrogen and oxygen atoms in total. The van der Waals surface area contributed by atoms with Gasteiger partial charge in [-0.3, -0.25) is 0 Å². The van der Waals surface area contributed by atoms with Gasteiger partial charge >= 0.3 is 0 Å². The fourth-order valence-electron chi connectivity index (χ4n) is 3.77. The van der Waals surface area contributed by atoms with Gasteiger partial charge < -0.3 is 4.74 Å². The topological polar surface area (TPSA) is 9.23 Å². The third kappa shape index (κ3) is 4.89. The first kappa shape index (κ1) is 20.3. The van der Waals surface area contributed by atoms with E-state index in [1.807, 2.05) is 24.3 Å². The number of allylic oxidation sites excluding steroid dienone is 4. The fraction of sp³-hybridized carbons (Fsp3) is 0.360. The lowest BCUT2D eigenvalue weighted by molar-refractivity contribution is 0.314. The molecule has 0 radical (unpaired) electrons. The smallest absolute Gasteiger partial charge is 0.201 e. The van der Waals surface area contributed by atoms with Gasteiger partial charge in [-0.15, -0.1) is 0 Å². The van der Waals surface area contributed by atoms with E-state index in [0.29, 0.717) is 24.0 Å². The van der Waals surface area contributed by atoms with Gasteiger partial charge in [0.15, 0.2) is 11.6 Å². The molecule has 0 heterocycles. The van der Waals surface area contributed by atoms with E-state index in [1.165, 1.54) is 24.5 Å². The summed E-state index contributed by atoms with van der Waals surface area (Å²) in [5.41, 5.74) is 2.16. The first-order valence-electron chi connectivity index (χ1n) is 10.1. The first-order chi connectivity index (χ1) is 13.6. The number of hydrogen-bond acceptors (Lipinski definition) is 1. The molecule has 1 aliphatic carbocycles. The number of rotatable bonds is 7. The average Bonchev–Trinajstić information content (AvgIpc) is 2.72. The molecule has 148 valence electrons. The van der Waals surface area contributed by atoms with Crippen molar-refractivity contribution in [1.29, 1.82) is 0 Å². The van der Waals surface area contributed by atoms with Crippen LogP contribution in [0.4, 0.5) is 8.78 Å². The molecule has 1 aliphatic rings. The quantitative estimate of drug-likeness (QED) is 0.463. The summed E-state index contributed by atoms with van der Waals surface area (Å²) in [6.07, 6.45) is 13.6. The van der Waals surface area contributed by atoms with Crippen molar-refractivity contribution in [2.24, 2.45) is 11.8 Å². The first-order valence-corrected chi connectivity index (χ1v) is 10.1. The van der Waals surface area contributed by atoms with E-state index in [0.717, 1.165) is 12.8 Å². The summed E-state index contributed by atoms with van der Waals surface area (Å²) in [4.78, 5) is 0. The summed E-state index contributed by atoms with van der Waals surface area (Å²) in [5.74, 6) is -0.619. The van der Waals surface area contributed by atoms with Crippen molar-refractivity contribution < 1.29 is 13.5 Å². The van der Waals surface area contributed by atoms with Crippen LogP contribution in [-0.4, -0.2) is 6.61 Å². The molecular weight excluding hydrogens is 354 g/mol. The molecule has 0 fully saturated rings. The largest absolute Gasteiger partial charge is 0.491 e. The number of halogens is 2. The van der Waals surface area contributed by atoms with E-state index in [1.54, 1.807) is 13.0 Å². The van der Waals surface area contributed by atoms with Gasteiger partial charge in [0.2, 0.25) is 5.82 Å². The van der Waals surface area contributed by atoms with Crippen molar-refractivity contribution >= 4 is 0 Å². The maximum Gasteiger partial charge on any atom is 0.201 e. The van der Waals surface area contributed by atoms with Gasteiger partial charge in [0.25, 0.3) is 0 Å². The SMILES string of the molecule is C/C=C/C1C=CC(CCc2ccc(-c3ccc(OCC)c(F)c3F)cc2)CC1. The molecule has 0 N–H and O–H groups in total. The number of aryl methyl sites for hydroxylation is 1. The van der Waals surface area contributed by atoms with Crippen LogP contribution in [0.3, 0.4) is 0 Å². The Morgan fingerprint density at radius 3 is 2.43 bits per heavy atom. The van der Waals surface area contributed by atoms with E-state index < -0.39 is 11.6 Å². The highest BCUT2D eigenvalue weighted by molar-refractivity contribution is 5.65. The van der Waals surface area contributed by atoms with Crippen LogP contribution in [0.15, 0.2) is 60.7 Å². The van der Waals surface area contributed by atoms with Gasteiger partial charge in [-0.2, -0.15) is 4.39 Å². The normalized spacial score (nSPS) is 19.3. The van der Waals surface area contributed by atoms with Crippen molar-refractivity contribution in [2.45, 2.75) is 39.5 Å². The number of benzene rings is 2. The summed E-state index contributed by atoms with van der Waals surface area (Å²) >= 11 is 0. The molecular formula is C25H28F2O.